The third-order valence-electron chi connectivity index (χ3n) is 3.29. The maximum absolute atomic E-state index is 4.34. The Labute approximate surface area is 107 Å². The van der Waals surface area contributed by atoms with Gasteiger partial charge in [-0.1, -0.05) is 18.2 Å². The van der Waals surface area contributed by atoms with Gasteiger partial charge in [-0.25, -0.2) is 4.98 Å². The average Bonchev–Trinajstić information content (AvgIpc) is 2.72. The Bertz CT molecular complexity index is 517. The normalized spacial score (nSPS) is 12.7. The monoisotopic (exact) mass is 246 g/mol. The lowest BCUT2D eigenvalue weighted by atomic mass is 9.96. The van der Waals surface area contributed by atoms with E-state index in [4.69, 9.17) is 0 Å². The van der Waals surface area contributed by atoms with Crippen LogP contribution in [0.15, 0.2) is 23.7 Å². The van der Waals surface area contributed by atoms with Crippen LogP contribution >= 0.6 is 11.3 Å². The van der Waals surface area contributed by atoms with Crippen molar-refractivity contribution in [1.29, 1.82) is 0 Å². The fraction of sp³-hybridized carbons (Fsp3) is 0.357. The van der Waals surface area contributed by atoms with Gasteiger partial charge in [-0.2, -0.15) is 0 Å². The zero-order chi connectivity index (χ0) is 12.4. The summed E-state index contributed by atoms with van der Waals surface area (Å²) in [6.45, 7) is 6.41. The number of aryl methyl sites for hydroxylation is 2. The second kappa shape index (κ2) is 4.98. The first-order valence-corrected chi connectivity index (χ1v) is 6.66. The first-order valence-electron chi connectivity index (χ1n) is 5.78. The minimum absolute atomic E-state index is 0.252. The van der Waals surface area contributed by atoms with Gasteiger partial charge in [-0.05, 0) is 44.5 Å². The Morgan fingerprint density at radius 3 is 2.59 bits per heavy atom. The number of hydrogen-bond acceptors (Lipinski definition) is 3. The van der Waals surface area contributed by atoms with Gasteiger partial charge in [0.05, 0.1) is 17.2 Å². The van der Waals surface area contributed by atoms with Crippen LogP contribution in [0.4, 0.5) is 0 Å². The van der Waals surface area contributed by atoms with Gasteiger partial charge < -0.3 is 5.32 Å². The van der Waals surface area contributed by atoms with Gasteiger partial charge in [-0.15, -0.1) is 11.3 Å². The number of benzene rings is 1. The first kappa shape index (κ1) is 12.3. The van der Waals surface area contributed by atoms with Gasteiger partial charge in [-0.3, -0.25) is 0 Å². The molecule has 0 saturated heterocycles. The molecule has 1 N–H and O–H groups in total. The lowest BCUT2D eigenvalue weighted by molar-refractivity contribution is 0.692. The molecule has 0 spiro atoms. The van der Waals surface area contributed by atoms with Crippen molar-refractivity contribution in [1.82, 2.24) is 10.3 Å². The quantitative estimate of drug-likeness (QED) is 0.898. The minimum atomic E-state index is 0.252. The molecular formula is C14H18N2S. The van der Waals surface area contributed by atoms with Crippen molar-refractivity contribution in [2.75, 3.05) is 7.05 Å². The lowest BCUT2D eigenvalue weighted by Gasteiger charge is -2.19. The molecule has 0 bridgehead atoms. The maximum atomic E-state index is 4.34. The van der Waals surface area contributed by atoms with Crippen LogP contribution in [0.25, 0.3) is 0 Å². The highest BCUT2D eigenvalue weighted by Gasteiger charge is 2.18. The van der Waals surface area contributed by atoms with Crippen LogP contribution in [0.3, 0.4) is 0 Å². The third-order valence-corrected chi connectivity index (χ3v) is 4.29. The highest BCUT2D eigenvalue weighted by molar-refractivity contribution is 7.09. The number of hydrogen-bond donors (Lipinski definition) is 1. The van der Waals surface area contributed by atoms with Crippen molar-refractivity contribution >= 4 is 11.3 Å². The van der Waals surface area contributed by atoms with Crippen LogP contribution in [0.5, 0.6) is 0 Å². The van der Waals surface area contributed by atoms with Crippen LogP contribution in [-0.2, 0) is 0 Å². The molecule has 3 heteroatoms. The molecule has 0 aliphatic rings. The van der Waals surface area contributed by atoms with E-state index >= 15 is 0 Å². The summed E-state index contributed by atoms with van der Waals surface area (Å²) < 4.78 is 0. The Balaban J connectivity index is 2.50. The summed E-state index contributed by atoms with van der Waals surface area (Å²) in [5, 5.41) is 3.40. The van der Waals surface area contributed by atoms with Crippen LogP contribution in [0.1, 0.15) is 33.3 Å². The summed E-state index contributed by atoms with van der Waals surface area (Å²) in [6.07, 6.45) is 0. The number of aromatic nitrogens is 1. The number of nitrogens with zero attached hydrogens (tertiary/aromatic N) is 1. The van der Waals surface area contributed by atoms with Crippen LogP contribution < -0.4 is 5.32 Å². The zero-order valence-electron chi connectivity index (χ0n) is 10.7. The topological polar surface area (TPSA) is 24.9 Å². The Morgan fingerprint density at radius 2 is 2.00 bits per heavy atom. The summed E-state index contributed by atoms with van der Waals surface area (Å²) in [5.74, 6) is 0. The summed E-state index contributed by atoms with van der Waals surface area (Å²) in [4.78, 5) is 5.65. The van der Waals surface area contributed by atoms with Gasteiger partial charge in [0, 0.05) is 4.88 Å². The molecule has 17 heavy (non-hydrogen) atoms. The SMILES string of the molecule is CNC(c1cccc(C)c1C)c1scnc1C. The second-order valence-corrected chi connectivity index (χ2v) is 5.20. The Kier molecular flexibility index (Phi) is 3.60. The molecule has 1 atom stereocenters. The van der Waals surface area contributed by atoms with Gasteiger partial charge in [0.15, 0.2) is 0 Å². The number of rotatable bonds is 3. The van der Waals surface area contributed by atoms with Crippen molar-refractivity contribution in [3.05, 3.63) is 51.0 Å². The van der Waals surface area contributed by atoms with Gasteiger partial charge in [0.2, 0.25) is 0 Å². The molecule has 2 rings (SSSR count). The molecule has 0 fully saturated rings. The van der Waals surface area contributed by atoms with E-state index in [2.05, 4.69) is 49.3 Å². The van der Waals surface area contributed by atoms with E-state index in [1.54, 1.807) is 11.3 Å². The van der Waals surface area contributed by atoms with E-state index < -0.39 is 0 Å². The fourth-order valence-corrected chi connectivity index (χ4v) is 3.03. The van der Waals surface area contributed by atoms with E-state index in [-0.39, 0.29) is 6.04 Å². The molecule has 0 aliphatic carbocycles. The summed E-state index contributed by atoms with van der Waals surface area (Å²) >= 11 is 1.72. The van der Waals surface area contributed by atoms with E-state index in [9.17, 15) is 0 Å². The molecule has 1 heterocycles. The molecule has 2 nitrogen and oxygen atoms in total. The van der Waals surface area contributed by atoms with Gasteiger partial charge >= 0.3 is 0 Å². The summed E-state index contributed by atoms with van der Waals surface area (Å²) in [5.41, 5.74) is 7.08. The second-order valence-electron chi connectivity index (χ2n) is 4.31. The highest BCUT2D eigenvalue weighted by Crippen LogP contribution is 2.30. The third kappa shape index (κ3) is 2.26. The Morgan fingerprint density at radius 1 is 1.24 bits per heavy atom. The van der Waals surface area contributed by atoms with E-state index in [1.807, 2.05) is 12.6 Å². The molecule has 1 unspecified atom stereocenters. The molecule has 1 aromatic carbocycles. The van der Waals surface area contributed by atoms with Crippen LogP contribution in [-0.4, -0.2) is 12.0 Å². The molecule has 0 amide bonds. The summed E-state index contributed by atoms with van der Waals surface area (Å²) in [7, 11) is 2.01. The molecule has 0 saturated carbocycles. The zero-order valence-corrected chi connectivity index (χ0v) is 11.6. The largest absolute Gasteiger partial charge is 0.309 e. The number of nitrogens with one attached hydrogen (secondary N) is 1. The van der Waals surface area contributed by atoms with Crippen molar-refractivity contribution in [2.45, 2.75) is 26.8 Å². The summed E-state index contributed by atoms with van der Waals surface area (Å²) in [6, 6.07) is 6.73. The fourth-order valence-electron chi connectivity index (χ4n) is 2.10. The van der Waals surface area contributed by atoms with Crippen molar-refractivity contribution in [2.24, 2.45) is 0 Å². The molecule has 0 aliphatic heterocycles. The Hall–Kier alpha value is -1.19. The van der Waals surface area contributed by atoms with Crippen LogP contribution in [0.2, 0.25) is 0 Å². The molecular weight excluding hydrogens is 228 g/mol. The lowest BCUT2D eigenvalue weighted by Crippen LogP contribution is -2.18. The molecule has 1 aromatic heterocycles. The van der Waals surface area contributed by atoms with E-state index in [1.165, 1.54) is 21.6 Å². The van der Waals surface area contributed by atoms with Crippen molar-refractivity contribution < 1.29 is 0 Å². The highest BCUT2D eigenvalue weighted by atomic mass is 32.1. The van der Waals surface area contributed by atoms with E-state index in [0.29, 0.717) is 0 Å². The average molecular weight is 246 g/mol. The maximum Gasteiger partial charge on any atom is 0.0798 e. The predicted octanol–water partition coefficient (Wildman–Crippen LogP) is 3.38. The van der Waals surface area contributed by atoms with Gasteiger partial charge in [0.1, 0.15) is 0 Å². The molecule has 90 valence electrons. The number of thiazole rings is 1. The van der Waals surface area contributed by atoms with Gasteiger partial charge in [0.25, 0.3) is 0 Å². The van der Waals surface area contributed by atoms with Crippen molar-refractivity contribution in [3.8, 4) is 0 Å². The minimum Gasteiger partial charge on any atom is -0.309 e. The van der Waals surface area contributed by atoms with Crippen LogP contribution in [0, 0.1) is 20.8 Å². The molecule has 2 aromatic rings. The first-order chi connectivity index (χ1) is 8.15. The smallest absolute Gasteiger partial charge is 0.0798 e. The van der Waals surface area contributed by atoms with E-state index in [0.717, 1.165) is 5.69 Å². The van der Waals surface area contributed by atoms with Crippen molar-refractivity contribution in [3.63, 3.8) is 0 Å². The standard InChI is InChI=1S/C14H18N2S/c1-9-6-5-7-12(10(9)2)13(15-4)14-11(3)16-8-17-14/h5-8,13,15H,1-4H3. The predicted molar refractivity (Wildman–Crippen MR) is 73.7 cm³/mol. The molecule has 0 radical (unpaired) electrons.